The molecule has 5 nitrogen and oxygen atoms in total. The van der Waals surface area contributed by atoms with Crippen LogP contribution >= 0.6 is 15.9 Å². The topological polar surface area (TPSA) is 72.2 Å². The van der Waals surface area contributed by atoms with Gasteiger partial charge in [0.05, 0.1) is 4.92 Å². The maximum atomic E-state index is 11.9. The van der Waals surface area contributed by atoms with Crippen LogP contribution in [0.15, 0.2) is 24.3 Å². The summed E-state index contributed by atoms with van der Waals surface area (Å²) >= 11 is 3.32. The van der Waals surface area contributed by atoms with Gasteiger partial charge in [-0.2, -0.15) is 0 Å². The van der Waals surface area contributed by atoms with Crippen LogP contribution in [0.25, 0.3) is 0 Å². The highest BCUT2D eigenvalue weighted by Crippen LogP contribution is 2.17. The number of hydrogen-bond donors (Lipinski definition) is 1. The van der Waals surface area contributed by atoms with Gasteiger partial charge in [-0.1, -0.05) is 28.1 Å². The molecule has 18 heavy (non-hydrogen) atoms. The minimum atomic E-state index is -0.544. The molecule has 1 unspecified atom stereocenters. The van der Waals surface area contributed by atoms with E-state index in [-0.39, 0.29) is 17.3 Å². The van der Waals surface area contributed by atoms with Gasteiger partial charge in [0.1, 0.15) is 5.56 Å². The van der Waals surface area contributed by atoms with Crippen LogP contribution in [0.5, 0.6) is 0 Å². The average molecular weight is 315 g/mol. The molecule has 1 atom stereocenters. The second kappa shape index (κ2) is 7.10. The van der Waals surface area contributed by atoms with Crippen molar-refractivity contribution < 1.29 is 9.72 Å². The molecule has 0 aliphatic heterocycles. The van der Waals surface area contributed by atoms with Crippen molar-refractivity contribution in [1.82, 2.24) is 5.32 Å². The van der Waals surface area contributed by atoms with Gasteiger partial charge in [-0.15, -0.1) is 0 Å². The third-order valence-electron chi connectivity index (χ3n) is 2.49. The molecule has 0 radical (unpaired) electrons. The number of nitrogens with zero attached hydrogens (tertiary/aromatic N) is 1. The number of rotatable bonds is 6. The third-order valence-corrected chi connectivity index (χ3v) is 3.05. The van der Waals surface area contributed by atoms with Gasteiger partial charge in [0.25, 0.3) is 11.6 Å². The highest BCUT2D eigenvalue weighted by Gasteiger charge is 2.19. The van der Waals surface area contributed by atoms with Crippen LogP contribution in [0.2, 0.25) is 0 Å². The molecule has 1 N–H and O–H groups in total. The van der Waals surface area contributed by atoms with Gasteiger partial charge in [0, 0.05) is 17.4 Å². The van der Waals surface area contributed by atoms with Crippen molar-refractivity contribution in [3.8, 4) is 0 Å². The molecule has 0 saturated heterocycles. The lowest BCUT2D eigenvalue weighted by Crippen LogP contribution is -2.32. The summed E-state index contributed by atoms with van der Waals surface area (Å²) in [4.78, 5) is 22.2. The van der Waals surface area contributed by atoms with E-state index in [1.165, 1.54) is 12.1 Å². The van der Waals surface area contributed by atoms with E-state index in [4.69, 9.17) is 0 Å². The molecule has 0 spiro atoms. The number of halogens is 1. The number of carbonyl (C=O) groups excluding carboxylic acids is 1. The van der Waals surface area contributed by atoms with E-state index in [0.29, 0.717) is 0 Å². The van der Waals surface area contributed by atoms with Gasteiger partial charge >= 0.3 is 0 Å². The summed E-state index contributed by atoms with van der Waals surface area (Å²) in [5.74, 6) is -0.399. The molecular weight excluding hydrogens is 300 g/mol. The summed E-state index contributed by atoms with van der Waals surface area (Å²) in [6.07, 6.45) is 1.77. The van der Waals surface area contributed by atoms with Crippen LogP contribution in [0.4, 0.5) is 5.69 Å². The Morgan fingerprint density at radius 2 is 2.17 bits per heavy atom. The Balaban J connectivity index is 2.75. The van der Waals surface area contributed by atoms with E-state index in [9.17, 15) is 14.9 Å². The first-order valence-electron chi connectivity index (χ1n) is 5.66. The Bertz CT molecular complexity index is 437. The lowest BCUT2D eigenvalue weighted by molar-refractivity contribution is -0.385. The Labute approximate surface area is 114 Å². The summed E-state index contributed by atoms with van der Waals surface area (Å²) in [5, 5.41) is 14.4. The van der Waals surface area contributed by atoms with Crippen molar-refractivity contribution in [2.45, 2.75) is 25.8 Å². The lowest BCUT2D eigenvalue weighted by atomic mass is 10.1. The zero-order valence-electron chi connectivity index (χ0n) is 10.1. The van der Waals surface area contributed by atoms with Crippen molar-refractivity contribution in [2.75, 3.05) is 5.33 Å². The number of benzene rings is 1. The fourth-order valence-corrected chi connectivity index (χ4v) is 1.91. The number of nitro benzene ring substituents is 1. The van der Waals surface area contributed by atoms with Gasteiger partial charge in [-0.3, -0.25) is 14.9 Å². The maximum Gasteiger partial charge on any atom is 0.282 e. The van der Waals surface area contributed by atoms with Crippen molar-refractivity contribution in [1.29, 1.82) is 0 Å². The van der Waals surface area contributed by atoms with Crippen molar-refractivity contribution in [2.24, 2.45) is 0 Å². The number of alkyl halides is 1. The minimum Gasteiger partial charge on any atom is -0.349 e. The number of nitro groups is 1. The van der Waals surface area contributed by atoms with Gasteiger partial charge < -0.3 is 5.32 Å². The van der Waals surface area contributed by atoms with Crippen LogP contribution in [-0.2, 0) is 0 Å². The average Bonchev–Trinajstić information content (AvgIpc) is 2.36. The fourth-order valence-electron chi connectivity index (χ4n) is 1.58. The molecular formula is C12H15BrN2O3. The standard InChI is InChI=1S/C12H15BrN2O3/c1-9(5-4-8-13)14-12(16)10-6-2-3-7-11(10)15(17)18/h2-3,6-7,9H,4-5,8H2,1H3,(H,14,16). The van der Waals surface area contributed by atoms with Crippen molar-refractivity contribution in [3.63, 3.8) is 0 Å². The van der Waals surface area contributed by atoms with Crippen LogP contribution in [0.1, 0.15) is 30.1 Å². The number of hydrogen-bond acceptors (Lipinski definition) is 3. The summed E-state index contributed by atoms with van der Waals surface area (Å²) in [5.41, 5.74) is -0.0594. The molecule has 0 heterocycles. The van der Waals surface area contributed by atoms with E-state index in [1.54, 1.807) is 12.1 Å². The Kier molecular flexibility index (Phi) is 5.77. The van der Waals surface area contributed by atoms with Gasteiger partial charge in [-0.25, -0.2) is 0 Å². The monoisotopic (exact) mass is 314 g/mol. The normalized spacial score (nSPS) is 11.9. The van der Waals surface area contributed by atoms with Gasteiger partial charge in [0.2, 0.25) is 0 Å². The Morgan fingerprint density at radius 1 is 1.50 bits per heavy atom. The first-order valence-corrected chi connectivity index (χ1v) is 6.78. The molecule has 0 aliphatic rings. The minimum absolute atomic E-state index is 0.00476. The summed E-state index contributed by atoms with van der Waals surface area (Å²) < 4.78 is 0. The SMILES string of the molecule is CC(CCCBr)NC(=O)c1ccccc1[N+](=O)[O-]. The van der Waals surface area contributed by atoms with E-state index < -0.39 is 10.8 Å². The number of amides is 1. The number of para-hydroxylation sites is 1. The van der Waals surface area contributed by atoms with Crippen LogP contribution in [-0.4, -0.2) is 22.2 Å². The summed E-state index contributed by atoms with van der Waals surface area (Å²) in [7, 11) is 0. The number of carbonyl (C=O) groups is 1. The highest BCUT2D eigenvalue weighted by atomic mass is 79.9. The lowest BCUT2D eigenvalue weighted by Gasteiger charge is -2.13. The first kappa shape index (κ1) is 14.6. The van der Waals surface area contributed by atoms with Gasteiger partial charge in [0.15, 0.2) is 0 Å². The van der Waals surface area contributed by atoms with Gasteiger partial charge in [-0.05, 0) is 25.8 Å². The van der Waals surface area contributed by atoms with E-state index in [2.05, 4.69) is 21.2 Å². The molecule has 98 valence electrons. The predicted octanol–water partition coefficient (Wildman–Crippen LogP) is 2.89. The zero-order chi connectivity index (χ0) is 13.5. The van der Waals surface area contributed by atoms with Crippen LogP contribution < -0.4 is 5.32 Å². The molecule has 0 aliphatic carbocycles. The van der Waals surface area contributed by atoms with Crippen molar-refractivity contribution in [3.05, 3.63) is 39.9 Å². The largest absolute Gasteiger partial charge is 0.349 e. The second-order valence-corrected chi connectivity index (χ2v) is 4.77. The molecule has 1 aromatic rings. The van der Waals surface area contributed by atoms with Crippen molar-refractivity contribution >= 4 is 27.5 Å². The molecule has 0 bridgehead atoms. The molecule has 1 aromatic carbocycles. The zero-order valence-corrected chi connectivity index (χ0v) is 11.6. The third kappa shape index (κ3) is 4.10. The quantitative estimate of drug-likeness (QED) is 0.498. The fraction of sp³-hybridized carbons (Fsp3) is 0.417. The molecule has 1 rings (SSSR count). The molecule has 0 fully saturated rings. The predicted molar refractivity (Wildman–Crippen MR) is 73.1 cm³/mol. The smallest absolute Gasteiger partial charge is 0.282 e. The van der Waals surface area contributed by atoms with E-state index in [1.807, 2.05) is 6.92 Å². The van der Waals surface area contributed by atoms with E-state index >= 15 is 0 Å². The van der Waals surface area contributed by atoms with Crippen LogP contribution in [0, 0.1) is 10.1 Å². The number of nitrogens with one attached hydrogen (secondary N) is 1. The molecule has 0 saturated carbocycles. The van der Waals surface area contributed by atoms with E-state index in [0.717, 1.165) is 18.2 Å². The first-order chi connectivity index (χ1) is 8.56. The second-order valence-electron chi connectivity index (χ2n) is 3.98. The Hall–Kier alpha value is -1.43. The molecule has 0 aromatic heterocycles. The molecule has 1 amide bonds. The Morgan fingerprint density at radius 3 is 2.78 bits per heavy atom. The summed E-state index contributed by atoms with van der Waals surface area (Å²) in [6, 6.07) is 5.95. The summed E-state index contributed by atoms with van der Waals surface area (Å²) in [6.45, 7) is 1.88. The highest BCUT2D eigenvalue weighted by molar-refractivity contribution is 9.09. The van der Waals surface area contributed by atoms with Crippen LogP contribution in [0.3, 0.4) is 0 Å². The maximum absolute atomic E-state index is 11.9. The molecule has 6 heteroatoms.